The van der Waals surface area contributed by atoms with Crippen molar-refractivity contribution in [3.8, 4) is 5.75 Å². The average Bonchev–Trinajstić information content (AvgIpc) is 2.77. The van der Waals surface area contributed by atoms with Crippen molar-refractivity contribution in [2.45, 2.75) is 75.7 Å². The van der Waals surface area contributed by atoms with Gasteiger partial charge >= 0.3 is 0 Å². The van der Waals surface area contributed by atoms with Crippen LogP contribution in [0.1, 0.15) is 49.8 Å². The lowest BCUT2D eigenvalue weighted by Crippen LogP contribution is -2.40. The van der Waals surface area contributed by atoms with Gasteiger partial charge in [-0.05, 0) is 76.1 Å². The number of aryl methyl sites for hydroxylation is 2. The zero-order chi connectivity index (χ0) is 22.7. The molecule has 0 bridgehead atoms. The maximum atomic E-state index is 11.7. The van der Waals surface area contributed by atoms with Gasteiger partial charge in [0.25, 0.3) is 0 Å². The van der Waals surface area contributed by atoms with E-state index >= 15 is 0 Å². The number of pyridine rings is 2. The first-order chi connectivity index (χ1) is 15.3. The number of ether oxygens (including phenoxy) is 2. The van der Waals surface area contributed by atoms with Crippen molar-refractivity contribution in [2.24, 2.45) is 0 Å². The first kappa shape index (κ1) is 23.0. The Morgan fingerprint density at radius 1 is 0.906 bits per heavy atom. The molecule has 1 saturated carbocycles. The first-order valence-corrected chi connectivity index (χ1v) is 13.3. The molecule has 0 aromatic carbocycles. The maximum Gasteiger partial charge on any atom is 0.192 e. The molecule has 4 rings (SSSR count). The van der Waals surface area contributed by atoms with Gasteiger partial charge in [-0.15, -0.1) is 0 Å². The van der Waals surface area contributed by atoms with Gasteiger partial charge in [-0.2, -0.15) is 0 Å². The molecule has 0 N–H and O–H groups in total. The third kappa shape index (κ3) is 5.78. The van der Waals surface area contributed by atoms with Crippen molar-refractivity contribution >= 4 is 15.7 Å². The zero-order valence-corrected chi connectivity index (χ0v) is 20.0. The number of hydrogen-bond donors (Lipinski definition) is 0. The van der Waals surface area contributed by atoms with Crippen LogP contribution in [0.25, 0.3) is 0 Å². The van der Waals surface area contributed by atoms with Crippen molar-refractivity contribution in [3.63, 3.8) is 0 Å². The minimum absolute atomic E-state index is 0.0867. The number of aromatic nitrogens is 2. The van der Waals surface area contributed by atoms with Crippen molar-refractivity contribution in [1.29, 1.82) is 0 Å². The molecule has 2 aromatic rings. The molecule has 2 aromatic heterocycles. The molecule has 7 nitrogen and oxygen atoms in total. The summed E-state index contributed by atoms with van der Waals surface area (Å²) in [4.78, 5) is 11.1. The highest BCUT2D eigenvalue weighted by atomic mass is 32.2. The van der Waals surface area contributed by atoms with Crippen molar-refractivity contribution in [1.82, 2.24) is 9.97 Å². The molecular formula is C24H33N3O4S. The number of piperidine rings is 1. The Kier molecular flexibility index (Phi) is 7.00. The second-order valence-electron chi connectivity index (χ2n) is 9.04. The quantitative estimate of drug-likeness (QED) is 0.648. The Bertz CT molecular complexity index is 1010. The molecule has 0 amide bonds. The van der Waals surface area contributed by atoms with Gasteiger partial charge in [0.2, 0.25) is 0 Å². The summed E-state index contributed by atoms with van der Waals surface area (Å²) in [6.07, 6.45) is 9.71. The normalized spacial score (nSPS) is 22.7. The molecule has 32 heavy (non-hydrogen) atoms. The molecular weight excluding hydrogens is 426 g/mol. The zero-order valence-electron chi connectivity index (χ0n) is 19.2. The summed E-state index contributed by atoms with van der Waals surface area (Å²) in [6, 6.07) is 7.45. The van der Waals surface area contributed by atoms with Crippen LogP contribution in [-0.2, 0) is 14.6 Å². The molecule has 2 fully saturated rings. The summed E-state index contributed by atoms with van der Waals surface area (Å²) in [5.74, 6) is 1.72. The van der Waals surface area contributed by atoms with Gasteiger partial charge in [-0.25, -0.2) is 18.4 Å². The van der Waals surface area contributed by atoms with Gasteiger partial charge in [-0.3, -0.25) is 0 Å². The van der Waals surface area contributed by atoms with E-state index in [1.807, 2.05) is 6.20 Å². The predicted octanol–water partition coefficient (Wildman–Crippen LogP) is 3.87. The summed E-state index contributed by atoms with van der Waals surface area (Å²) >= 11 is 0. The van der Waals surface area contributed by atoms with Gasteiger partial charge in [-0.1, -0.05) is 6.07 Å². The van der Waals surface area contributed by atoms with Crippen LogP contribution in [0, 0.1) is 13.8 Å². The van der Waals surface area contributed by atoms with Gasteiger partial charge in [0.15, 0.2) is 14.9 Å². The molecule has 0 unspecified atom stereocenters. The van der Waals surface area contributed by atoms with E-state index in [0.29, 0.717) is 17.5 Å². The third-order valence-electron chi connectivity index (χ3n) is 6.35. The standard InChI is InChI=1S/C24H33N3O4S/c1-17-4-10-23(25-16-17)27-14-12-21(13-15-27)30-19-5-7-20(8-6-19)31-22-9-11-24(26-18(22)2)32(3,28)29/h4,9-11,16,19-21H,5-8,12-15H2,1-3H3. The second-order valence-corrected chi connectivity index (χ2v) is 11.0. The Morgan fingerprint density at radius 3 is 2.16 bits per heavy atom. The fraction of sp³-hybridized carbons (Fsp3) is 0.583. The van der Waals surface area contributed by atoms with E-state index in [1.54, 1.807) is 13.0 Å². The van der Waals surface area contributed by atoms with E-state index in [-0.39, 0.29) is 17.2 Å². The van der Waals surface area contributed by atoms with Crippen molar-refractivity contribution < 1.29 is 17.9 Å². The summed E-state index contributed by atoms with van der Waals surface area (Å²) < 4.78 is 35.9. The van der Waals surface area contributed by atoms with Crippen molar-refractivity contribution in [3.05, 3.63) is 41.7 Å². The molecule has 1 aliphatic heterocycles. The van der Waals surface area contributed by atoms with Crippen LogP contribution in [0.4, 0.5) is 5.82 Å². The lowest BCUT2D eigenvalue weighted by atomic mass is 9.94. The summed E-state index contributed by atoms with van der Waals surface area (Å²) in [5, 5.41) is 0.0867. The van der Waals surface area contributed by atoms with Gasteiger partial charge in [0, 0.05) is 25.5 Å². The Morgan fingerprint density at radius 2 is 1.56 bits per heavy atom. The number of sulfone groups is 1. The van der Waals surface area contributed by atoms with Crippen LogP contribution in [0.2, 0.25) is 0 Å². The summed E-state index contributed by atoms with van der Waals surface area (Å²) in [5.41, 5.74) is 1.80. The SMILES string of the molecule is Cc1ccc(N2CCC(OC3CCC(Oc4ccc(S(C)(=O)=O)nc4C)CC3)CC2)nc1. The molecule has 0 radical (unpaired) electrons. The lowest BCUT2D eigenvalue weighted by Gasteiger charge is -2.36. The number of rotatable bonds is 6. The highest BCUT2D eigenvalue weighted by Gasteiger charge is 2.28. The molecule has 1 aliphatic carbocycles. The van der Waals surface area contributed by atoms with Crippen LogP contribution in [0.15, 0.2) is 35.5 Å². The molecule has 0 spiro atoms. The van der Waals surface area contributed by atoms with Crippen LogP contribution in [0.5, 0.6) is 5.75 Å². The molecule has 174 valence electrons. The second kappa shape index (κ2) is 9.75. The van der Waals surface area contributed by atoms with Crippen LogP contribution >= 0.6 is 0 Å². The smallest absolute Gasteiger partial charge is 0.192 e. The van der Waals surface area contributed by atoms with Gasteiger partial charge in [0.1, 0.15) is 11.6 Å². The maximum absolute atomic E-state index is 11.7. The Labute approximate surface area is 191 Å². The predicted molar refractivity (Wildman–Crippen MR) is 124 cm³/mol. The van der Waals surface area contributed by atoms with Gasteiger partial charge < -0.3 is 14.4 Å². The number of hydrogen-bond acceptors (Lipinski definition) is 7. The minimum Gasteiger partial charge on any atom is -0.489 e. The molecule has 1 saturated heterocycles. The monoisotopic (exact) mass is 459 g/mol. The molecule has 0 atom stereocenters. The fourth-order valence-corrected chi connectivity index (χ4v) is 5.08. The number of nitrogens with zero attached hydrogens (tertiary/aromatic N) is 3. The van der Waals surface area contributed by atoms with Gasteiger partial charge in [0.05, 0.1) is 24.0 Å². The van der Waals surface area contributed by atoms with E-state index in [2.05, 4.69) is 33.9 Å². The molecule has 8 heteroatoms. The summed E-state index contributed by atoms with van der Waals surface area (Å²) in [6.45, 7) is 5.81. The number of anilines is 1. The van der Waals surface area contributed by atoms with Crippen LogP contribution in [0.3, 0.4) is 0 Å². The van der Waals surface area contributed by atoms with E-state index in [0.717, 1.165) is 57.4 Å². The summed E-state index contributed by atoms with van der Waals surface area (Å²) in [7, 11) is -3.31. The topological polar surface area (TPSA) is 81.6 Å². The highest BCUT2D eigenvalue weighted by Crippen LogP contribution is 2.29. The van der Waals surface area contributed by atoms with E-state index in [1.165, 1.54) is 17.9 Å². The lowest BCUT2D eigenvalue weighted by molar-refractivity contribution is -0.0528. The van der Waals surface area contributed by atoms with Crippen LogP contribution in [-0.4, -0.2) is 56.0 Å². The van der Waals surface area contributed by atoms with Crippen LogP contribution < -0.4 is 9.64 Å². The largest absolute Gasteiger partial charge is 0.489 e. The van der Waals surface area contributed by atoms with E-state index < -0.39 is 9.84 Å². The Balaban J connectivity index is 1.21. The fourth-order valence-electron chi connectivity index (χ4n) is 4.46. The third-order valence-corrected chi connectivity index (χ3v) is 7.34. The Hall–Kier alpha value is -2.19. The van der Waals surface area contributed by atoms with Crippen molar-refractivity contribution in [2.75, 3.05) is 24.2 Å². The van der Waals surface area contributed by atoms with E-state index in [9.17, 15) is 8.42 Å². The minimum atomic E-state index is -3.31. The first-order valence-electron chi connectivity index (χ1n) is 11.5. The highest BCUT2D eigenvalue weighted by molar-refractivity contribution is 7.90. The van der Waals surface area contributed by atoms with E-state index in [4.69, 9.17) is 9.47 Å². The molecule has 3 heterocycles. The molecule has 2 aliphatic rings. The average molecular weight is 460 g/mol.